The van der Waals surface area contributed by atoms with E-state index in [-0.39, 0.29) is 0 Å². The van der Waals surface area contributed by atoms with Gasteiger partial charge in [-0.05, 0) is 60.1 Å². The van der Waals surface area contributed by atoms with Gasteiger partial charge in [0.15, 0.2) is 0 Å². The summed E-state index contributed by atoms with van der Waals surface area (Å²) in [5.74, 6) is 0. The van der Waals surface area contributed by atoms with Gasteiger partial charge in [0.25, 0.3) is 0 Å². The quantitative estimate of drug-likeness (QED) is 0.563. The predicted molar refractivity (Wildman–Crippen MR) is 94.2 cm³/mol. The molecule has 108 valence electrons. The third kappa shape index (κ3) is 2.16. The van der Waals surface area contributed by atoms with E-state index in [9.17, 15) is 0 Å². The maximum atomic E-state index is 2.30. The lowest BCUT2D eigenvalue weighted by atomic mass is 9.78. The molecule has 0 aromatic heterocycles. The smallest absolute Gasteiger partial charge is 0.0149 e. The first-order valence-corrected chi connectivity index (χ1v) is 8.01. The van der Waals surface area contributed by atoms with Crippen molar-refractivity contribution >= 4 is 0 Å². The molecular weight excluding hydrogens is 264 g/mol. The van der Waals surface area contributed by atoms with Crippen molar-refractivity contribution in [3.63, 3.8) is 0 Å². The Labute approximate surface area is 132 Å². The third-order valence-corrected chi connectivity index (χ3v) is 4.78. The van der Waals surface area contributed by atoms with Gasteiger partial charge in [0.05, 0.1) is 0 Å². The van der Waals surface area contributed by atoms with Gasteiger partial charge >= 0.3 is 0 Å². The van der Waals surface area contributed by atoms with Crippen LogP contribution in [0.15, 0.2) is 60.7 Å². The molecule has 0 radical (unpaired) electrons. The van der Waals surface area contributed by atoms with Crippen molar-refractivity contribution < 1.29 is 0 Å². The molecular formula is C22H20. The maximum absolute atomic E-state index is 2.30. The molecule has 0 spiro atoms. The number of benzene rings is 3. The standard InChI is InChI=1S/C22H20/c1-15-3-7-17(8-4-15)19-11-12-20(22-14-13-21(19)22)18-9-5-16(2)6-10-18/h3-12H,13-14H2,1-2H3. The Bertz CT molecular complexity index is 749. The molecule has 0 bridgehead atoms. The SMILES string of the molecule is Cc1ccc(-c2ccc(-c3ccc(C)cc3)c3c2CC3)cc1. The van der Waals surface area contributed by atoms with E-state index in [1.807, 2.05) is 0 Å². The van der Waals surface area contributed by atoms with Crippen LogP contribution in [-0.2, 0) is 12.8 Å². The van der Waals surface area contributed by atoms with Crippen LogP contribution in [0.25, 0.3) is 22.3 Å². The summed E-state index contributed by atoms with van der Waals surface area (Å²) in [5.41, 5.74) is 11.2. The van der Waals surface area contributed by atoms with Crippen LogP contribution in [0.1, 0.15) is 22.3 Å². The summed E-state index contributed by atoms with van der Waals surface area (Å²) in [6.45, 7) is 4.28. The second-order valence-electron chi connectivity index (χ2n) is 6.35. The highest BCUT2D eigenvalue weighted by Gasteiger charge is 2.22. The zero-order valence-electron chi connectivity index (χ0n) is 13.2. The van der Waals surface area contributed by atoms with E-state index in [4.69, 9.17) is 0 Å². The van der Waals surface area contributed by atoms with E-state index in [0.29, 0.717) is 0 Å². The van der Waals surface area contributed by atoms with Gasteiger partial charge < -0.3 is 0 Å². The lowest BCUT2D eigenvalue weighted by Crippen LogP contribution is -2.12. The van der Waals surface area contributed by atoms with Crippen molar-refractivity contribution in [1.82, 2.24) is 0 Å². The van der Waals surface area contributed by atoms with Crippen LogP contribution in [-0.4, -0.2) is 0 Å². The molecule has 22 heavy (non-hydrogen) atoms. The summed E-state index contributed by atoms with van der Waals surface area (Å²) in [7, 11) is 0. The molecule has 0 N–H and O–H groups in total. The fourth-order valence-electron chi connectivity index (χ4n) is 3.34. The van der Waals surface area contributed by atoms with Gasteiger partial charge in [0.1, 0.15) is 0 Å². The molecule has 0 saturated carbocycles. The summed E-state index contributed by atoms with van der Waals surface area (Å²) in [6.07, 6.45) is 2.41. The minimum atomic E-state index is 1.21. The fraction of sp³-hybridized carbons (Fsp3) is 0.182. The van der Waals surface area contributed by atoms with Gasteiger partial charge in [-0.25, -0.2) is 0 Å². The molecule has 0 aliphatic heterocycles. The zero-order chi connectivity index (χ0) is 15.1. The van der Waals surface area contributed by atoms with Crippen molar-refractivity contribution in [3.05, 3.63) is 82.9 Å². The van der Waals surface area contributed by atoms with Crippen molar-refractivity contribution in [2.45, 2.75) is 26.7 Å². The van der Waals surface area contributed by atoms with E-state index < -0.39 is 0 Å². The summed E-state index contributed by atoms with van der Waals surface area (Å²) in [5, 5.41) is 0. The molecule has 0 fully saturated rings. The normalized spacial score (nSPS) is 12.6. The number of hydrogen-bond acceptors (Lipinski definition) is 0. The van der Waals surface area contributed by atoms with Crippen LogP contribution in [0.2, 0.25) is 0 Å². The van der Waals surface area contributed by atoms with E-state index in [0.717, 1.165) is 0 Å². The van der Waals surface area contributed by atoms with Gasteiger partial charge in [0.2, 0.25) is 0 Å². The first-order chi connectivity index (χ1) is 10.7. The first-order valence-electron chi connectivity index (χ1n) is 8.01. The number of fused-ring (bicyclic) bond motifs is 1. The highest BCUT2D eigenvalue weighted by Crippen LogP contribution is 2.40. The fourth-order valence-corrected chi connectivity index (χ4v) is 3.34. The van der Waals surface area contributed by atoms with E-state index in [2.05, 4.69) is 74.5 Å². The van der Waals surface area contributed by atoms with Crippen molar-refractivity contribution in [2.75, 3.05) is 0 Å². The predicted octanol–water partition coefficient (Wildman–Crippen LogP) is 5.74. The van der Waals surface area contributed by atoms with E-state index in [1.54, 1.807) is 11.1 Å². The van der Waals surface area contributed by atoms with Crippen molar-refractivity contribution in [3.8, 4) is 22.3 Å². The van der Waals surface area contributed by atoms with Gasteiger partial charge in [0, 0.05) is 0 Å². The molecule has 3 aromatic rings. The highest BCUT2D eigenvalue weighted by molar-refractivity contribution is 5.79. The Kier molecular flexibility index (Phi) is 3.11. The second kappa shape index (κ2) is 5.14. The minimum Gasteiger partial charge on any atom is -0.0587 e. The number of rotatable bonds is 2. The van der Waals surface area contributed by atoms with Crippen LogP contribution >= 0.6 is 0 Å². The Morgan fingerprint density at radius 3 is 1.18 bits per heavy atom. The lowest BCUT2D eigenvalue weighted by molar-refractivity contribution is 0.845. The Morgan fingerprint density at radius 1 is 0.500 bits per heavy atom. The Hall–Kier alpha value is -2.34. The molecule has 3 aromatic carbocycles. The van der Waals surface area contributed by atoms with Crippen LogP contribution in [0, 0.1) is 13.8 Å². The lowest BCUT2D eigenvalue weighted by Gasteiger charge is -2.26. The summed E-state index contributed by atoms with van der Waals surface area (Å²) in [4.78, 5) is 0. The van der Waals surface area contributed by atoms with E-state index in [1.165, 1.54) is 46.2 Å². The summed E-state index contributed by atoms with van der Waals surface area (Å²) < 4.78 is 0. The Balaban J connectivity index is 1.81. The average molecular weight is 284 g/mol. The minimum absolute atomic E-state index is 1.21. The summed E-state index contributed by atoms with van der Waals surface area (Å²) >= 11 is 0. The molecule has 1 aliphatic carbocycles. The number of aryl methyl sites for hydroxylation is 2. The molecule has 0 heteroatoms. The van der Waals surface area contributed by atoms with Gasteiger partial charge in [-0.1, -0.05) is 71.8 Å². The van der Waals surface area contributed by atoms with Crippen LogP contribution in [0.5, 0.6) is 0 Å². The molecule has 0 nitrogen and oxygen atoms in total. The van der Waals surface area contributed by atoms with Crippen LogP contribution in [0.4, 0.5) is 0 Å². The van der Waals surface area contributed by atoms with Crippen molar-refractivity contribution in [1.29, 1.82) is 0 Å². The van der Waals surface area contributed by atoms with E-state index >= 15 is 0 Å². The molecule has 0 amide bonds. The van der Waals surface area contributed by atoms with Crippen molar-refractivity contribution in [2.24, 2.45) is 0 Å². The topological polar surface area (TPSA) is 0 Å². The Morgan fingerprint density at radius 2 is 0.864 bits per heavy atom. The largest absolute Gasteiger partial charge is 0.0587 e. The molecule has 1 aliphatic rings. The average Bonchev–Trinajstić information content (AvgIpc) is 2.49. The number of hydrogen-bond donors (Lipinski definition) is 0. The van der Waals surface area contributed by atoms with Gasteiger partial charge in [-0.3, -0.25) is 0 Å². The maximum Gasteiger partial charge on any atom is -0.0149 e. The monoisotopic (exact) mass is 284 g/mol. The molecule has 0 atom stereocenters. The van der Waals surface area contributed by atoms with Crippen LogP contribution < -0.4 is 0 Å². The zero-order valence-corrected chi connectivity index (χ0v) is 13.2. The van der Waals surface area contributed by atoms with Gasteiger partial charge in [-0.2, -0.15) is 0 Å². The van der Waals surface area contributed by atoms with Crippen LogP contribution in [0.3, 0.4) is 0 Å². The van der Waals surface area contributed by atoms with Gasteiger partial charge in [-0.15, -0.1) is 0 Å². The third-order valence-electron chi connectivity index (χ3n) is 4.78. The molecule has 0 saturated heterocycles. The molecule has 0 heterocycles. The summed E-state index contributed by atoms with van der Waals surface area (Å²) in [6, 6.07) is 22.4. The molecule has 4 rings (SSSR count). The highest BCUT2D eigenvalue weighted by atomic mass is 14.3. The first kappa shape index (κ1) is 13.3. The molecule has 0 unspecified atom stereocenters. The second-order valence-corrected chi connectivity index (χ2v) is 6.35.